The Morgan fingerprint density at radius 3 is 1.32 bits per heavy atom. The number of pyridine rings is 3. The van der Waals surface area contributed by atoms with Crippen molar-refractivity contribution in [3.8, 4) is 33.6 Å². The first-order valence-corrected chi connectivity index (χ1v) is 14.9. The van der Waals surface area contributed by atoms with Gasteiger partial charge in [0.1, 0.15) is 0 Å². The molecule has 3 aromatic heterocycles. The first-order chi connectivity index (χ1) is 21.8. The van der Waals surface area contributed by atoms with Crippen molar-refractivity contribution in [1.82, 2.24) is 15.0 Å². The van der Waals surface area contributed by atoms with Crippen molar-refractivity contribution in [3.63, 3.8) is 0 Å². The maximum absolute atomic E-state index is 5.14. The predicted molar refractivity (Wildman–Crippen MR) is 184 cm³/mol. The molecule has 9 aromatic rings. The zero-order chi connectivity index (χ0) is 29.0. The maximum Gasteiger partial charge on any atom is 0.0972 e. The molecule has 0 fully saturated rings. The van der Waals surface area contributed by atoms with E-state index in [1.165, 1.54) is 43.4 Å². The fourth-order valence-corrected chi connectivity index (χ4v) is 6.53. The molecule has 6 aromatic carbocycles. The first kappa shape index (κ1) is 24.6. The molecule has 0 aliphatic heterocycles. The number of aromatic nitrogens is 3. The lowest BCUT2D eigenvalue weighted by molar-refractivity contribution is 1.31. The third kappa shape index (κ3) is 3.94. The Labute approximate surface area is 254 Å². The third-order valence-electron chi connectivity index (χ3n) is 8.75. The van der Waals surface area contributed by atoms with Gasteiger partial charge in [-0.05, 0) is 73.8 Å². The van der Waals surface area contributed by atoms with Gasteiger partial charge in [0.05, 0.1) is 22.4 Å². The molecule has 0 spiro atoms. The third-order valence-corrected chi connectivity index (χ3v) is 8.75. The van der Waals surface area contributed by atoms with Crippen molar-refractivity contribution in [2.75, 3.05) is 0 Å². The number of nitrogens with zero attached hydrogens (tertiary/aromatic N) is 3. The lowest BCUT2D eigenvalue weighted by atomic mass is 9.92. The average molecular weight is 560 g/mol. The van der Waals surface area contributed by atoms with E-state index in [4.69, 9.17) is 9.97 Å². The van der Waals surface area contributed by atoms with Gasteiger partial charge in [-0.3, -0.25) is 4.98 Å². The summed E-state index contributed by atoms with van der Waals surface area (Å²) in [6.45, 7) is 0. The molecular formula is C41H25N3. The van der Waals surface area contributed by atoms with Crippen LogP contribution in [-0.2, 0) is 0 Å². The molecule has 3 nitrogen and oxygen atoms in total. The van der Waals surface area contributed by atoms with Crippen molar-refractivity contribution in [2.24, 2.45) is 0 Å². The van der Waals surface area contributed by atoms with Crippen LogP contribution in [-0.4, -0.2) is 15.0 Å². The van der Waals surface area contributed by atoms with E-state index in [0.29, 0.717) is 0 Å². The summed E-state index contributed by atoms with van der Waals surface area (Å²) in [6.07, 6.45) is 3.60. The monoisotopic (exact) mass is 559 g/mol. The van der Waals surface area contributed by atoms with Crippen LogP contribution in [0.4, 0.5) is 0 Å². The Balaban J connectivity index is 1.13. The van der Waals surface area contributed by atoms with Gasteiger partial charge >= 0.3 is 0 Å². The molecule has 0 saturated carbocycles. The number of hydrogen-bond acceptors (Lipinski definition) is 3. The number of hydrogen-bond donors (Lipinski definition) is 0. The Kier molecular flexibility index (Phi) is 5.50. The molecule has 0 radical (unpaired) electrons. The van der Waals surface area contributed by atoms with Crippen molar-refractivity contribution in [1.29, 1.82) is 0 Å². The summed E-state index contributed by atoms with van der Waals surface area (Å²) in [4.78, 5) is 14.3. The maximum atomic E-state index is 5.14. The van der Waals surface area contributed by atoms with Crippen LogP contribution in [0, 0.1) is 0 Å². The molecule has 44 heavy (non-hydrogen) atoms. The van der Waals surface area contributed by atoms with E-state index in [0.717, 1.165) is 44.3 Å². The summed E-state index contributed by atoms with van der Waals surface area (Å²) in [7, 11) is 0. The second-order valence-electron chi connectivity index (χ2n) is 11.3. The Bertz CT molecular complexity index is 2500. The van der Waals surface area contributed by atoms with Crippen LogP contribution in [0.3, 0.4) is 0 Å². The van der Waals surface area contributed by atoms with Gasteiger partial charge in [-0.15, -0.1) is 0 Å². The Morgan fingerprint density at radius 2 is 0.750 bits per heavy atom. The molecule has 0 unspecified atom stereocenters. The molecule has 0 aliphatic rings. The minimum absolute atomic E-state index is 0.909. The normalized spacial score (nSPS) is 11.6. The van der Waals surface area contributed by atoms with Gasteiger partial charge in [-0.1, -0.05) is 109 Å². The van der Waals surface area contributed by atoms with E-state index in [9.17, 15) is 0 Å². The fraction of sp³-hybridized carbons (Fsp3) is 0. The smallest absolute Gasteiger partial charge is 0.0972 e. The largest absolute Gasteiger partial charge is 0.265 e. The minimum Gasteiger partial charge on any atom is -0.265 e. The van der Waals surface area contributed by atoms with Gasteiger partial charge in [-0.25, -0.2) is 9.97 Å². The highest BCUT2D eigenvalue weighted by atomic mass is 14.8. The summed E-state index contributed by atoms with van der Waals surface area (Å²) in [5, 5.41) is 9.89. The van der Waals surface area contributed by atoms with E-state index in [2.05, 4.69) is 132 Å². The van der Waals surface area contributed by atoms with Crippen molar-refractivity contribution in [2.45, 2.75) is 0 Å². The highest BCUT2D eigenvalue weighted by Crippen LogP contribution is 2.37. The number of fused-ring (bicyclic) bond motifs is 9. The van der Waals surface area contributed by atoms with E-state index in [-0.39, 0.29) is 0 Å². The highest BCUT2D eigenvalue weighted by Gasteiger charge is 2.11. The van der Waals surface area contributed by atoms with Gasteiger partial charge < -0.3 is 0 Å². The lowest BCUT2D eigenvalue weighted by Gasteiger charge is -2.12. The lowest BCUT2D eigenvalue weighted by Crippen LogP contribution is -1.91. The highest BCUT2D eigenvalue weighted by molar-refractivity contribution is 6.25. The summed E-state index contributed by atoms with van der Waals surface area (Å²) in [5.41, 5.74) is 8.18. The van der Waals surface area contributed by atoms with Crippen molar-refractivity contribution >= 4 is 54.1 Å². The van der Waals surface area contributed by atoms with Crippen LogP contribution in [0.15, 0.2) is 152 Å². The average Bonchev–Trinajstić information content (AvgIpc) is 3.11. The van der Waals surface area contributed by atoms with Gasteiger partial charge in [0.25, 0.3) is 0 Å². The van der Waals surface area contributed by atoms with Crippen LogP contribution in [0.2, 0.25) is 0 Å². The molecule has 3 heteroatoms. The standard InChI is InChI=1S/C41H25N3/c1-2-7-34-32(5-1)33-6-3-4-8-35(33)37-25-31(15-18-36(34)37)26-9-11-27(12-10-26)38-19-16-29-13-14-30-17-20-39(28-21-23-42-24-22-28)44-41(30)40(29)43-38/h1-25H. The van der Waals surface area contributed by atoms with Crippen molar-refractivity contribution < 1.29 is 0 Å². The fourth-order valence-electron chi connectivity index (χ4n) is 6.53. The summed E-state index contributed by atoms with van der Waals surface area (Å²) in [6, 6.07) is 49.7. The minimum atomic E-state index is 0.909. The van der Waals surface area contributed by atoms with E-state index < -0.39 is 0 Å². The molecule has 0 amide bonds. The molecule has 204 valence electrons. The summed E-state index contributed by atoms with van der Waals surface area (Å²) in [5.74, 6) is 0. The van der Waals surface area contributed by atoms with Crippen LogP contribution in [0.5, 0.6) is 0 Å². The van der Waals surface area contributed by atoms with E-state index in [1.807, 2.05) is 12.1 Å². The summed E-state index contributed by atoms with van der Waals surface area (Å²) < 4.78 is 0. The van der Waals surface area contributed by atoms with Gasteiger partial charge in [0.15, 0.2) is 0 Å². The summed E-state index contributed by atoms with van der Waals surface area (Å²) >= 11 is 0. The molecule has 0 atom stereocenters. The van der Waals surface area contributed by atoms with E-state index >= 15 is 0 Å². The molecule has 0 saturated heterocycles. The molecule has 9 rings (SSSR count). The quantitative estimate of drug-likeness (QED) is 0.202. The zero-order valence-corrected chi connectivity index (χ0v) is 23.8. The van der Waals surface area contributed by atoms with Crippen molar-refractivity contribution in [3.05, 3.63) is 152 Å². The Morgan fingerprint density at radius 1 is 0.318 bits per heavy atom. The van der Waals surface area contributed by atoms with Crippen LogP contribution in [0.25, 0.3) is 87.8 Å². The molecule has 0 aliphatic carbocycles. The number of benzene rings is 6. The molecule has 0 N–H and O–H groups in total. The topological polar surface area (TPSA) is 38.7 Å². The van der Waals surface area contributed by atoms with Crippen LogP contribution >= 0.6 is 0 Å². The second kappa shape index (κ2) is 9.82. The second-order valence-corrected chi connectivity index (χ2v) is 11.3. The van der Waals surface area contributed by atoms with E-state index in [1.54, 1.807) is 12.4 Å². The zero-order valence-electron chi connectivity index (χ0n) is 23.8. The number of rotatable bonds is 3. The van der Waals surface area contributed by atoms with Crippen LogP contribution < -0.4 is 0 Å². The predicted octanol–water partition coefficient (Wildman–Crippen LogP) is 10.6. The Hall–Kier alpha value is -5.93. The van der Waals surface area contributed by atoms with Gasteiger partial charge in [0.2, 0.25) is 0 Å². The molecular weight excluding hydrogens is 534 g/mol. The van der Waals surface area contributed by atoms with Gasteiger partial charge in [-0.2, -0.15) is 0 Å². The molecule has 0 bridgehead atoms. The first-order valence-electron chi connectivity index (χ1n) is 14.9. The SMILES string of the molecule is c1ccc2c(c1)c1ccccc1c1cc(-c3ccc(-c4ccc5ccc6ccc(-c7ccncc7)nc6c5n4)cc3)ccc21. The van der Waals surface area contributed by atoms with Crippen LogP contribution in [0.1, 0.15) is 0 Å². The van der Waals surface area contributed by atoms with Gasteiger partial charge in [0, 0.05) is 34.3 Å². The molecule has 3 heterocycles.